The van der Waals surface area contributed by atoms with Gasteiger partial charge in [0.1, 0.15) is 12.2 Å². The van der Waals surface area contributed by atoms with Gasteiger partial charge in [-0.05, 0) is 13.3 Å². The quantitative estimate of drug-likeness (QED) is 0.434. The van der Waals surface area contributed by atoms with Crippen molar-refractivity contribution in [1.29, 1.82) is 0 Å². The Bertz CT molecular complexity index is 487. The number of esters is 1. The molecule has 0 amide bonds. The second kappa shape index (κ2) is 4.52. The fraction of sp³-hybridized carbons (Fsp3) is 0.800. The molecule has 7 unspecified atom stereocenters. The molecule has 3 fully saturated rings. The van der Waals surface area contributed by atoms with E-state index < -0.39 is 47.5 Å². The highest BCUT2D eigenvalue weighted by atomic mass is 16.7. The van der Waals surface area contributed by atoms with Crippen LogP contribution in [0.15, 0.2) is 12.2 Å². The number of carbonyl (C=O) groups is 1. The molecule has 7 atom stereocenters. The Morgan fingerprint density at radius 1 is 1.38 bits per heavy atom. The molecule has 118 valence electrons. The van der Waals surface area contributed by atoms with E-state index in [1.807, 2.05) is 0 Å². The lowest BCUT2D eigenvalue weighted by molar-refractivity contribution is -0.215. The lowest BCUT2D eigenvalue weighted by atomic mass is 9.77. The van der Waals surface area contributed by atoms with Gasteiger partial charge in [0.25, 0.3) is 0 Å². The maximum atomic E-state index is 11.9. The number of hydrogen-bond acceptors (Lipinski definition) is 6. The Morgan fingerprint density at radius 2 is 2.05 bits per heavy atom. The van der Waals surface area contributed by atoms with Crippen LogP contribution in [0, 0.1) is 11.8 Å². The number of carbonyl (C=O) groups excluding carboxylic acids is 1. The standard InChI is InChI=1S/C15H22O6/c1-7-4-9(16)10-8(2)13(17)20-11(10)12-14(3,18)6-15(19,5-7)21-12/h8-12,16,18-19H,1,4-6H2,2-3H3. The average Bonchev–Trinajstić information content (AvgIpc) is 2.73. The molecule has 3 aliphatic heterocycles. The zero-order valence-corrected chi connectivity index (χ0v) is 12.3. The first-order chi connectivity index (χ1) is 9.63. The van der Waals surface area contributed by atoms with E-state index in [0.717, 1.165) is 0 Å². The van der Waals surface area contributed by atoms with E-state index in [0.29, 0.717) is 5.57 Å². The van der Waals surface area contributed by atoms with Crippen LogP contribution in [-0.4, -0.2) is 51.0 Å². The van der Waals surface area contributed by atoms with Crippen molar-refractivity contribution in [3.63, 3.8) is 0 Å². The van der Waals surface area contributed by atoms with Gasteiger partial charge in [-0.3, -0.25) is 4.79 Å². The monoisotopic (exact) mass is 298 g/mol. The van der Waals surface area contributed by atoms with Crippen molar-refractivity contribution in [1.82, 2.24) is 0 Å². The first-order valence-corrected chi connectivity index (χ1v) is 7.31. The summed E-state index contributed by atoms with van der Waals surface area (Å²) in [6, 6.07) is 0. The third-order valence-electron chi connectivity index (χ3n) is 4.94. The summed E-state index contributed by atoms with van der Waals surface area (Å²) in [7, 11) is 0. The van der Waals surface area contributed by atoms with Crippen molar-refractivity contribution in [2.24, 2.45) is 11.8 Å². The number of rotatable bonds is 0. The van der Waals surface area contributed by atoms with Crippen LogP contribution in [0.5, 0.6) is 0 Å². The van der Waals surface area contributed by atoms with E-state index in [9.17, 15) is 20.1 Å². The predicted molar refractivity (Wildman–Crippen MR) is 72.0 cm³/mol. The average molecular weight is 298 g/mol. The van der Waals surface area contributed by atoms with Gasteiger partial charge in [0, 0.05) is 18.8 Å². The molecular weight excluding hydrogens is 276 g/mol. The van der Waals surface area contributed by atoms with E-state index in [4.69, 9.17) is 9.47 Å². The molecule has 0 radical (unpaired) electrons. The van der Waals surface area contributed by atoms with Gasteiger partial charge >= 0.3 is 5.97 Å². The van der Waals surface area contributed by atoms with Crippen molar-refractivity contribution < 1.29 is 29.6 Å². The van der Waals surface area contributed by atoms with Crippen molar-refractivity contribution in [2.75, 3.05) is 0 Å². The SMILES string of the molecule is C=C1CC(O)C2C(C)C(=O)OC2C2OC(O)(C1)CC2(C)O. The largest absolute Gasteiger partial charge is 0.459 e. The number of ether oxygens (including phenoxy) is 2. The molecule has 6 nitrogen and oxygen atoms in total. The van der Waals surface area contributed by atoms with Crippen LogP contribution in [-0.2, 0) is 14.3 Å². The zero-order chi connectivity index (χ0) is 15.6. The van der Waals surface area contributed by atoms with Gasteiger partial charge in [-0.15, -0.1) is 0 Å². The molecule has 0 aromatic carbocycles. The number of hydrogen-bond donors (Lipinski definition) is 3. The maximum absolute atomic E-state index is 11.9. The fourth-order valence-electron chi connectivity index (χ4n) is 4.06. The summed E-state index contributed by atoms with van der Waals surface area (Å²) in [5.41, 5.74) is -0.701. The molecule has 0 aromatic rings. The normalized spacial score (nSPS) is 53.7. The summed E-state index contributed by atoms with van der Waals surface area (Å²) >= 11 is 0. The predicted octanol–water partition coefficient (Wildman–Crippen LogP) is 0.103. The van der Waals surface area contributed by atoms with Crippen LogP contribution in [0.3, 0.4) is 0 Å². The summed E-state index contributed by atoms with van der Waals surface area (Å²) in [6.45, 7) is 7.13. The highest BCUT2D eigenvalue weighted by Gasteiger charge is 2.61. The molecule has 3 N–H and O–H groups in total. The minimum atomic E-state index is -1.53. The van der Waals surface area contributed by atoms with Gasteiger partial charge in [-0.1, -0.05) is 19.1 Å². The molecule has 3 heterocycles. The molecule has 0 saturated carbocycles. The Labute approximate surface area is 123 Å². The number of aliphatic hydroxyl groups excluding tert-OH is 1. The molecule has 3 saturated heterocycles. The smallest absolute Gasteiger partial charge is 0.309 e. The highest BCUT2D eigenvalue weighted by Crippen LogP contribution is 2.48. The zero-order valence-electron chi connectivity index (χ0n) is 12.3. The third kappa shape index (κ3) is 2.30. The topological polar surface area (TPSA) is 96.2 Å². The van der Waals surface area contributed by atoms with Crippen LogP contribution in [0.25, 0.3) is 0 Å². The van der Waals surface area contributed by atoms with Crippen LogP contribution in [0.2, 0.25) is 0 Å². The number of fused-ring (bicyclic) bond motifs is 4. The Morgan fingerprint density at radius 3 is 2.71 bits per heavy atom. The van der Waals surface area contributed by atoms with Crippen molar-refractivity contribution >= 4 is 5.97 Å². The van der Waals surface area contributed by atoms with Crippen LogP contribution >= 0.6 is 0 Å². The second-order valence-corrected chi connectivity index (χ2v) is 6.98. The Hall–Kier alpha value is -0.950. The summed E-state index contributed by atoms with van der Waals surface area (Å²) in [6.07, 6.45) is -1.98. The van der Waals surface area contributed by atoms with E-state index in [1.165, 1.54) is 0 Å². The van der Waals surface area contributed by atoms with Crippen molar-refractivity contribution in [3.05, 3.63) is 12.2 Å². The van der Waals surface area contributed by atoms with E-state index >= 15 is 0 Å². The lowest BCUT2D eigenvalue weighted by Gasteiger charge is -2.33. The Balaban J connectivity index is 2.03. The molecule has 3 aliphatic rings. The lowest BCUT2D eigenvalue weighted by Crippen LogP contribution is -2.48. The van der Waals surface area contributed by atoms with Gasteiger partial charge in [-0.25, -0.2) is 0 Å². The fourth-order valence-corrected chi connectivity index (χ4v) is 4.06. The molecule has 0 spiro atoms. The molecule has 0 aromatic heterocycles. The maximum Gasteiger partial charge on any atom is 0.309 e. The van der Waals surface area contributed by atoms with E-state index in [-0.39, 0.29) is 19.3 Å². The minimum absolute atomic E-state index is 0.0228. The molecule has 0 aliphatic carbocycles. The van der Waals surface area contributed by atoms with Crippen LogP contribution in [0.4, 0.5) is 0 Å². The third-order valence-corrected chi connectivity index (χ3v) is 4.94. The highest BCUT2D eigenvalue weighted by molar-refractivity contribution is 5.75. The van der Waals surface area contributed by atoms with E-state index in [2.05, 4.69) is 6.58 Å². The summed E-state index contributed by atoms with van der Waals surface area (Å²) in [5.74, 6) is -2.90. The van der Waals surface area contributed by atoms with Gasteiger partial charge in [-0.2, -0.15) is 0 Å². The Kier molecular flexibility index (Phi) is 3.22. The van der Waals surface area contributed by atoms with Crippen molar-refractivity contribution in [3.8, 4) is 0 Å². The first kappa shape index (κ1) is 15.0. The van der Waals surface area contributed by atoms with Gasteiger partial charge in [0.15, 0.2) is 5.79 Å². The summed E-state index contributed by atoms with van der Waals surface area (Å²) in [4.78, 5) is 11.9. The van der Waals surface area contributed by atoms with Crippen molar-refractivity contribution in [2.45, 2.75) is 62.8 Å². The second-order valence-electron chi connectivity index (χ2n) is 6.98. The summed E-state index contributed by atoms with van der Waals surface area (Å²) < 4.78 is 11.0. The van der Waals surface area contributed by atoms with E-state index in [1.54, 1.807) is 13.8 Å². The molecule has 3 rings (SSSR count). The first-order valence-electron chi connectivity index (χ1n) is 7.31. The number of aliphatic hydroxyl groups is 3. The van der Waals surface area contributed by atoms with Crippen LogP contribution in [0.1, 0.15) is 33.1 Å². The van der Waals surface area contributed by atoms with Crippen LogP contribution < -0.4 is 0 Å². The molecular formula is C15H22O6. The van der Waals surface area contributed by atoms with Gasteiger partial charge < -0.3 is 24.8 Å². The molecule has 21 heavy (non-hydrogen) atoms. The van der Waals surface area contributed by atoms with Gasteiger partial charge in [0.05, 0.1) is 17.6 Å². The van der Waals surface area contributed by atoms with Gasteiger partial charge in [0.2, 0.25) is 0 Å². The summed E-state index contributed by atoms with van der Waals surface area (Å²) in [5, 5.41) is 31.5. The minimum Gasteiger partial charge on any atom is -0.459 e. The molecule has 2 bridgehead atoms. The molecule has 6 heteroatoms.